The molecule has 162 valence electrons. The topological polar surface area (TPSA) is 90.0 Å². The number of likely N-dealkylation sites (tertiary alicyclic amines) is 1. The van der Waals surface area contributed by atoms with Crippen LogP contribution in [0.3, 0.4) is 0 Å². The number of hydrogen-bond donors (Lipinski definition) is 1. The third-order valence-electron chi connectivity index (χ3n) is 3.66. The van der Waals surface area contributed by atoms with Gasteiger partial charge in [0.2, 0.25) is 0 Å². The highest BCUT2D eigenvalue weighted by Crippen LogP contribution is 2.27. The Bertz CT molecular complexity index is 543. The second-order valence-corrected chi connectivity index (χ2v) is 9.41. The summed E-state index contributed by atoms with van der Waals surface area (Å²) >= 11 is 4.47. The first-order valence-corrected chi connectivity index (χ1v) is 10.8. The molecule has 0 aromatic rings. The van der Waals surface area contributed by atoms with E-state index in [9.17, 15) is 19.2 Å². The van der Waals surface area contributed by atoms with E-state index < -0.39 is 5.60 Å². The van der Waals surface area contributed by atoms with Crippen molar-refractivity contribution < 1.29 is 28.7 Å². The Morgan fingerprint density at radius 1 is 1.21 bits per heavy atom. The van der Waals surface area contributed by atoms with E-state index in [0.717, 1.165) is 18.2 Å². The van der Waals surface area contributed by atoms with Gasteiger partial charge in [-0.25, -0.2) is 4.79 Å². The molecule has 1 heterocycles. The highest BCUT2D eigenvalue weighted by Gasteiger charge is 2.33. The Morgan fingerprint density at radius 3 is 2.25 bits per heavy atom. The fourth-order valence-corrected chi connectivity index (χ4v) is 3.34. The second kappa shape index (κ2) is 13.1. The quantitative estimate of drug-likeness (QED) is 0.504. The average Bonchev–Trinajstić information content (AvgIpc) is 2.98. The molecule has 1 fully saturated rings. The predicted molar refractivity (Wildman–Crippen MR) is 113 cm³/mol. The fourth-order valence-electron chi connectivity index (χ4n) is 2.63. The van der Waals surface area contributed by atoms with Gasteiger partial charge in [-0.05, 0) is 46.5 Å². The summed E-state index contributed by atoms with van der Waals surface area (Å²) in [6.07, 6.45) is 1.15. The van der Waals surface area contributed by atoms with Crippen LogP contribution in [0.2, 0.25) is 0 Å². The van der Waals surface area contributed by atoms with Crippen molar-refractivity contribution in [2.75, 3.05) is 25.4 Å². The van der Waals surface area contributed by atoms with Crippen molar-refractivity contribution in [1.82, 2.24) is 4.90 Å². The zero-order chi connectivity index (χ0) is 21.9. The minimum absolute atomic E-state index is 0.00824. The SMILES string of the molecule is CC(=O)S.CCOC(=O)C(CSC(C)=O)CC1CCN(C(=O)OC(C)(C)C)C1. The van der Waals surface area contributed by atoms with Gasteiger partial charge >= 0.3 is 12.1 Å². The third-order valence-corrected chi connectivity index (χ3v) is 4.64. The molecule has 0 aromatic carbocycles. The van der Waals surface area contributed by atoms with E-state index >= 15 is 0 Å². The maximum Gasteiger partial charge on any atom is 0.410 e. The van der Waals surface area contributed by atoms with Gasteiger partial charge in [0.05, 0.1) is 12.5 Å². The van der Waals surface area contributed by atoms with E-state index in [4.69, 9.17) is 9.47 Å². The van der Waals surface area contributed by atoms with E-state index in [2.05, 4.69) is 12.6 Å². The van der Waals surface area contributed by atoms with Gasteiger partial charge in [-0.15, -0.1) is 12.6 Å². The lowest BCUT2D eigenvalue weighted by Crippen LogP contribution is -2.35. The van der Waals surface area contributed by atoms with Crippen LogP contribution >= 0.6 is 24.4 Å². The first kappa shape index (κ1) is 26.8. The van der Waals surface area contributed by atoms with Crippen LogP contribution in [0, 0.1) is 11.8 Å². The molecule has 9 heteroatoms. The van der Waals surface area contributed by atoms with Crippen molar-refractivity contribution in [3.63, 3.8) is 0 Å². The normalized spacial score (nSPS) is 17.2. The summed E-state index contributed by atoms with van der Waals surface area (Å²) in [5.41, 5.74) is -0.513. The molecular formula is C19H33NO6S2. The number of nitrogens with zero attached hydrogens (tertiary/aromatic N) is 1. The van der Waals surface area contributed by atoms with Crippen molar-refractivity contribution in [2.24, 2.45) is 11.8 Å². The summed E-state index contributed by atoms with van der Waals surface area (Å²) < 4.78 is 10.5. The number of amides is 1. The standard InChI is InChI=1S/C17H29NO5S.C2H4OS/c1-6-22-15(20)14(11-24-12(2)19)9-13-7-8-18(10-13)16(21)23-17(3,4)5;1-2(3)4/h13-14H,6-11H2,1-5H3;1H3,(H,3,4). The smallest absolute Gasteiger partial charge is 0.410 e. The Labute approximate surface area is 177 Å². The van der Waals surface area contributed by atoms with Crippen LogP contribution in [0.4, 0.5) is 4.79 Å². The molecule has 7 nitrogen and oxygen atoms in total. The van der Waals surface area contributed by atoms with Crippen LogP contribution in [0.1, 0.15) is 54.4 Å². The van der Waals surface area contributed by atoms with E-state index in [1.165, 1.54) is 13.8 Å². The highest BCUT2D eigenvalue weighted by molar-refractivity contribution is 8.13. The zero-order valence-electron chi connectivity index (χ0n) is 17.6. The van der Waals surface area contributed by atoms with E-state index in [1.807, 2.05) is 20.8 Å². The van der Waals surface area contributed by atoms with E-state index in [0.29, 0.717) is 31.9 Å². The Morgan fingerprint density at radius 2 is 1.79 bits per heavy atom. The van der Waals surface area contributed by atoms with Crippen molar-refractivity contribution in [3.8, 4) is 0 Å². The Balaban J connectivity index is 0.00000165. The molecular weight excluding hydrogens is 402 g/mol. The lowest BCUT2D eigenvalue weighted by atomic mass is 9.95. The zero-order valence-corrected chi connectivity index (χ0v) is 19.4. The molecule has 0 N–H and O–H groups in total. The van der Waals surface area contributed by atoms with Crippen LogP contribution in [0.5, 0.6) is 0 Å². The molecule has 1 aliphatic rings. The number of thiol groups is 1. The molecule has 0 aromatic heterocycles. The number of carbonyl (C=O) groups excluding carboxylic acids is 4. The number of thioether (sulfide) groups is 1. The summed E-state index contributed by atoms with van der Waals surface area (Å²) in [7, 11) is 0. The monoisotopic (exact) mass is 435 g/mol. The lowest BCUT2D eigenvalue weighted by molar-refractivity contribution is -0.147. The average molecular weight is 436 g/mol. The molecule has 1 aliphatic heterocycles. The van der Waals surface area contributed by atoms with Gasteiger partial charge in [-0.1, -0.05) is 11.8 Å². The molecule has 0 aliphatic carbocycles. The summed E-state index contributed by atoms with van der Waals surface area (Å²) in [5.74, 6) is 0.0702. The molecule has 0 saturated carbocycles. The van der Waals surface area contributed by atoms with Crippen molar-refractivity contribution in [3.05, 3.63) is 0 Å². The van der Waals surface area contributed by atoms with Gasteiger partial charge < -0.3 is 14.4 Å². The van der Waals surface area contributed by atoms with Gasteiger partial charge in [0, 0.05) is 32.7 Å². The van der Waals surface area contributed by atoms with E-state index in [-0.39, 0.29) is 34.1 Å². The summed E-state index contributed by atoms with van der Waals surface area (Å²) in [6.45, 7) is 11.7. The highest BCUT2D eigenvalue weighted by atomic mass is 32.2. The minimum atomic E-state index is -0.513. The number of carbonyl (C=O) groups is 4. The lowest BCUT2D eigenvalue weighted by Gasteiger charge is -2.24. The largest absolute Gasteiger partial charge is 0.466 e. The van der Waals surface area contributed by atoms with E-state index in [1.54, 1.807) is 11.8 Å². The van der Waals surface area contributed by atoms with Gasteiger partial charge in [0.1, 0.15) is 5.60 Å². The number of ether oxygens (including phenoxy) is 2. The summed E-state index contributed by atoms with van der Waals surface area (Å²) in [6, 6.07) is 0. The van der Waals surface area contributed by atoms with Crippen LogP contribution in [-0.4, -0.2) is 58.2 Å². The molecule has 2 unspecified atom stereocenters. The van der Waals surface area contributed by atoms with Crippen molar-refractivity contribution in [2.45, 2.75) is 60.0 Å². The molecule has 0 bridgehead atoms. The molecule has 1 saturated heterocycles. The molecule has 0 radical (unpaired) electrons. The van der Waals surface area contributed by atoms with Gasteiger partial charge in [-0.2, -0.15) is 0 Å². The second-order valence-electron chi connectivity index (χ2n) is 7.59. The molecule has 1 amide bonds. The molecule has 0 spiro atoms. The van der Waals surface area contributed by atoms with Gasteiger partial charge in [0.15, 0.2) is 10.2 Å². The van der Waals surface area contributed by atoms with Crippen molar-refractivity contribution >= 4 is 46.7 Å². The van der Waals surface area contributed by atoms with Crippen LogP contribution < -0.4 is 0 Å². The number of hydrogen-bond acceptors (Lipinski definition) is 7. The maximum absolute atomic E-state index is 12.1. The predicted octanol–water partition coefficient (Wildman–Crippen LogP) is 3.56. The Hall–Kier alpha value is -1.22. The third kappa shape index (κ3) is 13.0. The van der Waals surface area contributed by atoms with Crippen LogP contribution in [0.15, 0.2) is 0 Å². The molecule has 1 rings (SSSR count). The summed E-state index contributed by atoms with van der Waals surface area (Å²) in [4.78, 5) is 46.4. The van der Waals surface area contributed by atoms with Crippen LogP contribution in [0.25, 0.3) is 0 Å². The molecule has 28 heavy (non-hydrogen) atoms. The maximum atomic E-state index is 12.1. The van der Waals surface area contributed by atoms with Gasteiger partial charge in [0.25, 0.3) is 0 Å². The fraction of sp³-hybridized carbons (Fsp3) is 0.789. The Kier molecular flexibility index (Phi) is 12.5. The summed E-state index contributed by atoms with van der Waals surface area (Å²) in [5, 5.41) is -0.147. The van der Waals surface area contributed by atoms with Crippen LogP contribution in [-0.2, 0) is 23.9 Å². The number of esters is 1. The molecule has 2 atom stereocenters. The van der Waals surface area contributed by atoms with Gasteiger partial charge in [-0.3, -0.25) is 14.4 Å². The first-order valence-electron chi connectivity index (χ1n) is 9.33. The minimum Gasteiger partial charge on any atom is -0.466 e. The first-order chi connectivity index (χ1) is 12.9. The van der Waals surface area contributed by atoms with Crippen molar-refractivity contribution in [1.29, 1.82) is 0 Å². The number of rotatable bonds is 6.